The fourth-order valence-electron chi connectivity index (χ4n) is 2.94. The van der Waals surface area contributed by atoms with Gasteiger partial charge in [-0.15, -0.1) is 0 Å². The molecular formula is C15H14F3N3O. The first-order valence-electron chi connectivity index (χ1n) is 6.94. The summed E-state index contributed by atoms with van der Waals surface area (Å²) in [6, 6.07) is 2.92. The first-order valence-corrected chi connectivity index (χ1v) is 6.94. The second kappa shape index (κ2) is 5.23. The van der Waals surface area contributed by atoms with E-state index < -0.39 is 24.3 Å². The highest BCUT2D eigenvalue weighted by atomic mass is 19.4. The lowest BCUT2D eigenvalue weighted by molar-refractivity contribution is -0.141. The smallest absolute Gasteiger partial charge is 0.386 e. The summed E-state index contributed by atoms with van der Waals surface area (Å²) in [4.78, 5) is 20.9. The first-order chi connectivity index (χ1) is 10.4. The molecule has 7 heteroatoms. The largest absolute Gasteiger partial charge is 0.389 e. The molecule has 0 aromatic carbocycles. The normalized spacial score (nSPS) is 24.9. The number of nitrogens with one attached hydrogen (secondary N) is 1. The molecular weight excluding hydrogens is 295 g/mol. The highest BCUT2D eigenvalue weighted by Crippen LogP contribution is 2.36. The Labute approximate surface area is 125 Å². The molecule has 0 saturated heterocycles. The number of hydrogen-bond acceptors (Lipinski definition) is 4. The van der Waals surface area contributed by atoms with Gasteiger partial charge in [-0.1, -0.05) is 0 Å². The van der Waals surface area contributed by atoms with Crippen LogP contribution in [0.3, 0.4) is 0 Å². The number of pyridine rings is 1. The van der Waals surface area contributed by atoms with Crippen molar-refractivity contribution in [1.29, 1.82) is 0 Å². The molecule has 22 heavy (non-hydrogen) atoms. The van der Waals surface area contributed by atoms with Gasteiger partial charge in [0.15, 0.2) is 0 Å². The third-order valence-corrected chi connectivity index (χ3v) is 3.87. The van der Waals surface area contributed by atoms with Gasteiger partial charge >= 0.3 is 6.18 Å². The number of carbonyl (C=O) groups excluding carboxylic acids is 1. The SMILES string of the molecule is CC1N=C(c2ccncc2)C(=O)C2=C1NCC2CC(F)(F)F. The quantitative estimate of drug-likeness (QED) is 0.912. The maximum Gasteiger partial charge on any atom is 0.389 e. The van der Waals surface area contributed by atoms with E-state index in [1.807, 2.05) is 0 Å². The summed E-state index contributed by atoms with van der Waals surface area (Å²) >= 11 is 0. The number of aromatic nitrogens is 1. The summed E-state index contributed by atoms with van der Waals surface area (Å²) in [5, 5.41) is 2.92. The number of nitrogens with zero attached hydrogens (tertiary/aromatic N) is 2. The summed E-state index contributed by atoms with van der Waals surface area (Å²) < 4.78 is 38.1. The van der Waals surface area contributed by atoms with Crippen LogP contribution >= 0.6 is 0 Å². The summed E-state index contributed by atoms with van der Waals surface area (Å²) in [6.07, 6.45) is -2.25. The maximum atomic E-state index is 12.7. The molecule has 0 amide bonds. The molecule has 1 aromatic rings. The Morgan fingerprint density at radius 1 is 1.32 bits per heavy atom. The molecule has 0 aliphatic carbocycles. The van der Waals surface area contributed by atoms with Gasteiger partial charge in [-0.25, -0.2) is 0 Å². The molecule has 2 aliphatic heterocycles. The molecule has 1 N–H and O–H groups in total. The Morgan fingerprint density at radius 2 is 2.00 bits per heavy atom. The number of rotatable bonds is 2. The van der Waals surface area contributed by atoms with Gasteiger partial charge in [0, 0.05) is 41.7 Å². The second-order valence-electron chi connectivity index (χ2n) is 5.44. The van der Waals surface area contributed by atoms with Crippen molar-refractivity contribution in [2.45, 2.75) is 25.6 Å². The Hall–Kier alpha value is -2.18. The minimum Gasteiger partial charge on any atom is -0.386 e. The minimum atomic E-state index is -4.30. The molecule has 0 saturated carbocycles. The zero-order valence-electron chi connectivity index (χ0n) is 11.8. The molecule has 0 radical (unpaired) electrons. The topological polar surface area (TPSA) is 54.4 Å². The number of dihydropyridines is 1. The van der Waals surface area contributed by atoms with Crippen molar-refractivity contribution < 1.29 is 18.0 Å². The van der Waals surface area contributed by atoms with Crippen molar-refractivity contribution in [1.82, 2.24) is 10.3 Å². The van der Waals surface area contributed by atoms with Crippen LogP contribution < -0.4 is 5.32 Å². The Balaban J connectivity index is 1.95. The average molecular weight is 309 g/mol. The minimum absolute atomic E-state index is 0.124. The summed E-state index contributed by atoms with van der Waals surface area (Å²) in [5.41, 5.74) is 1.55. The van der Waals surface area contributed by atoms with Crippen LogP contribution in [0.4, 0.5) is 13.2 Å². The number of aliphatic imine (C=N–C) groups is 1. The van der Waals surface area contributed by atoms with E-state index in [9.17, 15) is 18.0 Å². The molecule has 3 heterocycles. The lowest BCUT2D eigenvalue weighted by Gasteiger charge is -2.22. The van der Waals surface area contributed by atoms with Crippen molar-refractivity contribution in [2.75, 3.05) is 6.54 Å². The van der Waals surface area contributed by atoms with Crippen LogP contribution in [0, 0.1) is 5.92 Å². The molecule has 2 aliphatic rings. The van der Waals surface area contributed by atoms with Crippen molar-refractivity contribution in [3.05, 3.63) is 41.4 Å². The third kappa shape index (κ3) is 2.63. The van der Waals surface area contributed by atoms with Crippen LogP contribution in [0.5, 0.6) is 0 Å². The molecule has 0 spiro atoms. The molecule has 2 unspecified atom stereocenters. The Morgan fingerprint density at radius 3 is 2.64 bits per heavy atom. The third-order valence-electron chi connectivity index (χ3n) is 3.87. The van der Waals surface area contributed by atoms with Crippen molar-refractivity contribution in [3.63, 3.8) is 0 Å². The van der Waals surface area contributed by atoms with E-state index in [-0.39, 0.29) is 23.9 Å². The fraction of sp³-hybridized carbons (Fsp3) is 0.400. The molecule has 2 atom stereocenters. The fourth-order valence-corrected chi connectivity index (χ4v) is 2.94. The zero-order chi connectivity index (χ0) is 15.9. The summed E-state index contributed by atoms with van der Waals surface area (Å²) in [7, 11) is 0. The van der Waals surface area contributed by atoms with Gasteiger partial charge in [0.05, 0.1) is 12.5 Å². The number of Topliss-reactive ketones (excluding diaryl/α,β-unsaturated/α-hetero) is 1. The van der Waals surface area contributed by atoms with Gasteiger partial charge < -0.3 is 5.32 Å². The average Bonchev–Trinajstić information content (AvgIpc) is 2.86. The Kier molecular flexibility index (Phi) is 3.50. The van der Waals surface area contributed by atoms with Crippen molar-refractivity contribution in [3.8, 4) is 0 Å². The van der Waals surface area contributed by atoms with Crippen molar-refractivity contribution in [2.24, 2.45) is 10.9 Å². The second-order valence-corrected chi connectivity index (χ2v) is 5.44. The highest BCUT2D eigenvalue weighted by Gasteiger charge is 2.43. The first kappa shape index (κ1) is 14.7. The molecule has 116 valence electrons. The molecule has 0 fully saturated rings. The van der Waals surface area contributed by atoms with Crippen LogP contribution in [0.25, 0.3) is 0 Å². The summed E-state index contributed by atoms with van der Waals surface area (Å²) in [6.45, 7) is 1.89. The van der Waals surface area contributed by atoms with Gasteiger partial charge in [-0.05, 0) is 19.1 Å². The number of carbonyl (C=O) groups is 1. The molecule has 0 bridgehead atoms. The van der Waals surface area contributed by atoms with Gasteiger partial charge in [0.1, 0.15) is 5.71 Å². The van der Waals surface area contributed by atoms with Gasteiger partial charge in [-0.3, -0.25) is 14.8 Å². The van der Waals surface area contributed by atoms with E-state index >= 15 is 0 Å². The maximum absolute atomic E-state index is 12.7. The number of hydrogen-bond donors (Lipinski definition) is 1. The van der Waals surface area contributed by atoms with Crippen LogP contribution in [-0.2, 0) is 4.79 Å². The van der Waals surface area contributed by atoms with Crippen LogP contribution in [0.2, 0.25) is 0 Å². The van der Waals surface area contributed by atoms with E-state index in [2.05, 4.69) is 15.3 Å². The predicted molar refractivity (Wildman–Crippen MR) is 74.4 cm³/mol. The highest BCUT2D eigenvalue weighted by molar-refractivity contribution is 6.52. The zero-order valence-corrected chi connectivity index (χ0v) is 11.8. The lowest BCUT2D eigenvalue weighted by Crippen LogP contribution is -2.31. The predicted octanol–water partition coefficient (Wildman–Crippen LogP) is 2.27. The van der Waals surface area contributed by atoms with Crippen LogP contribution in [0.1, 0.15) is 18.9 Å². The van der Waals surface area contributed by atoms with E-state index in [1.54, 1.807) is 19.1 Å². The molecule has 4 nitrogen and oxygen atoms in total. The Bertz CT molecular complexity index is 664. The van der Waals surface area contributed by atoms with Crippen molar-refractivity contribution >= 4 is 11.5 Å². The van der Waals surface area contributed by atoms with Crippen LogP contribution in [-0.4, -0.2) is 35.2 Å². The van der Waals surface area contributed by atoms with Crippen LogP contribution in [0.15, 0.2) is 40.8 Å². The van der Waals surface area contributed by atoms with E-state index in [0.29, 0.717) is 11.3 Å². The van der Waals surface area contributed by atoms with Gasteiger partial charge in [0.25, 0.3) is 0 Å². The standard InChI is InChI=1S/C15H14F3N3O/c1-8-12-11(10(7-20-12)6-15(16,17)18)14(22)13(21-8)9-2-4-19-5-3-9/h2-5,8,10,20H,6-7H2,1H3. The molecule has 1 aromatic heterocycles. The number of ketones is 1. The van der Waals surface area contributed by atoms with E-state index in [1.165, 1.54) is 12.4 Å². The summed E-state index contributed by atoms with van der Waals surface area (Å²) in [5.74, 6) is -1.27. The number of halogens is 3. The van der Waals surface area contributed by atoms with E-state index in [0.717, 1.165) is 0 Å². The number of alkyl halides is 3. The molecule has 3 rings (SSSR count). The monoisotopic (exact) mass is 309 g/mol. The van der Waals surface area contributed by atoms with Gasteiger partial charge in [0.2, 0.25) is 5.78 Å². The van der Waals surface area contributed by atoms with E-state index in [4.69, 9.17) is 0 Å². The lowest BCUT2D eigenvalue weighted by atomic mass is 9.87. The van der Waals surface area contributed by atoms with Gasteiger partial charge in [-0.2, -0.15) is 13.2 Å².